The molecule has 6 heteroatoms. The molecule has 1 aromatic carbocycles. The molecule has 1 amide bonds. The maximum absolute atomic E-state index is 11.0. The molecule has 2 rings (SSSR count). The SMILES string of the molecule is CNCCOc1ccc(C2=NNC(=O)CC2)cc1Cl. The van der Waals surface area contributed by atoms with Crippen LogP contribution in [0.3, 0.4) is 0 Å². The maximum Gasteiger partial charge on any atom is 0.240 e. The van der Waals surface area contributed by atoms with Crippen LogP contribution in [0.5, 0.6) is 5.75 Å². The Labute approximate surface area is 117 Å². The lowest BCUT2D eigenvalue weighted by Gasteiger charge is -2.13. The summed E-state index contributed by atoms with van der Waals surface area (Å²) in [6.45, 7) is 1.32. The van der Waals surface area contributed by atoms with Gasteiger partial charge < -0.3 is 10.1 Å². The largest absolute Gasteiger partial charge is 0.491 e. The number of nitrogens with one attached hydrogen (secondary N) is 2. The molecule has 1 heterocycles. The summed E-state index contributed by atoms with van der Waals surface area (Å²) in [5.41, 5.74) is 4.22. The predicted octanol–water partition coefficient (Wildman–Crippen LogP) is 1.55. The summed E-state index contributed by atoms with van der Waals surface area (Å²) >= 11 is 6.17. The van der Waals surface area contributed by atoms with E-state index in [1.165, 1.54) is 0 Å². The Hall–Kier alpha value is -1.59. The van der Waals surface area contributed by atoms with Gasteiger partial charge in [-0.2, -0.15) is 5.10 Å². The zero-order chi connectivity index (χ0) is 13.7. The molecule has 0 aliphatic carbocycles. The highest BCUT2D eigenvalue weighted by Crippen LogP contribution is 2.26. The molecule has 0 spiro atoms. The van der Waals surface area contributed by atoms with Crippen molar-refractivity contribution in [3.8, 4) is 5.75 Å². The smallest absolute Gasteiger partial charge is 0.240 e. The molecular weight excluding hydrogens is 266 g/mol. The van der Waals surface area contributed by atoms with Crippen molar-refractivity contribution in [2.24, 2.45) is 5.10 Å². The lowest BCUT2D eigenvalue weighted by molar-refractivity contribution is -0.121. The molecule has 0 atom stereocenters. The molecule has 0 saturated heterocycles. The van der Waals surface area contributed by atoms with E-state index in [1.807, 2.05) is 25.2 Å². The van der Waals surface area contributed by atoms with Crippen LogP contribution < -0.4 is 15.5 Å². The third-order valence-corrected chi connectivity index (χ3v) is 3.07. The van der Waals surface area contributed by atoms with Crippen molar-refractivity contribution < 1.29 is 9.53 Å². The number of amides is 1. The summed E-state index contributed by atoms with van der Waals surface area (Å²) < 4.78 is 5.53. The van der Waals surface area contributed by atoms with E-state index in [4.69, 9.17) is 16.3 Å². The third kappa shape index (κ3) is 3.68. The van der Waals surface area contributed by atoms with E-state index in [2.05, 4.69) is 15.8 Å². The summed E-state index contributed by atoms with van der Waals surface area (Å²) in [7, 11) is 1.86. The lowest BCUT2D eigenvalue weighted by atomic mass is 10.0. The van der Waals surface area contributed by atoms with Crippen LogP contribution >= 0.6 is 11.6 Å². The lowest BCUT2D eigenvalue weighted by Crippen LogP contribution is -2.25. The zero-order valence-corrected chi connectivity index (χ0v) is 11.5. The number of hydrogen-bond donors (Lipinski definition) is 2. The first-order chi connectivity index (χ1) is 9.20. The molecule has 0 saturated carbocycles. The number of ether oxygens (including phenoxy) is 1. The summed E-state index contributed by atoms with van der Waals surface area (Å²) in [6, 6.07) is 5.54. The summed E-state index contributed by atoms with van der Waals surface area (Å²) in [6.07, 6.45) is 1.08. The third-order valence-electron chi connectivity index (χ3n) is 2.78. The highest BCUT2D eigenvalue weighted by molar-refractivity contribution is 6.32. The van der Waals surface area contributed by atoms with Crippen molar-refractivity contribution in [2.45, 2.75) is 12.8 Å². The van der Waals surface area contributed by atoms with E-state index in [1.54, 1.807) is 0 Å². The number of hydrogen-bond acceptors (Lipinski definition) is 4. The Kier molecular flexibility index (Phi) is 4.76. The van der Waals surface area contributed by atoms with Gasteiger partial charge in [0.05, 0.1) is 10.7 Å². The maximum atomic E-state index is 11.0. The van der Waals surface area contributed by atoms with E-state index in [9.17, 15) is 4.79 Å². The molecule has 0 radical (unpaired) electrons. The van der Waals surface area contributed by atoms with Crippen molar-refractivity contribution in [1.82, 2.24) is 10.7 Å². The van der Waals surface area contributed by atoms with E-state index in [0.717, 1.165) is 17.8 Å². The summed E-state index contributed by atoms with van der Waals surface area (Å²) in [5, 5.41) is 7.58. The standard InChI is InChI=1S/C13H16ClN3O2/c1-15-6-7-19-12-4-2-9(8-10(12)14)11-3-5-13(18)17-16-11/h2,4,8,15H,3,5-7H2,1H3,(H,17,18). The van der Waals surface area contributed by atoms with Gasteiger partial charge in [0, 0.05) is 19.4 Å². The molecule has 1 aliphatic heterocycles. The van der Waals surface area contributed by atoms with Crippen molar-refractivity contribution in [3.05, 3.63) is 28.8 Å². The Bertz CT molecular complexity index is 503. The van der Waals surface area contributed by atoms with Crippen LogP contribution in [0.4, 0.5) is 0 Å². The Morgan fingerprint density at radius 2 is 2.32 bits per heavy atom. The quantitative estimate of drug-likeness (QED) is 0.805. The Morgan fingerprint density at radius 1 is 1.47 bits per heavy atom. The molecule has 1 aliphatic rings. The Balaban J connectivity index is 2.08. The van der Waals surface area contributed by atoms with Gasteiger partial charge in [-0.05, 0) is 30.8 Å². The highest BCUT2D eigenvalue weighted by Gasteiger charge is 2.14. The van der Waals surface area contributed by atoms with E-state index < -0.39 is 0 Å². The van der Waals surface area contributed by atoms with Crippen molar-refractivity contribution in [1.29, 1.82) is 0 Å². The van der Waals surface area contributed by atoms with Gasteiger partial charge in [-0.1, -0.05) is 11.6 Å². The second-order valence-electron chi connectivity index (χ2n) is 4.19. The van der Waals surface area contributed by atoms with Crippen molar-refractivity contribution >= 4 is 23.2 Å². The van der Waals surface area contributed by atoms with Crippen LogP contribution in [0.2, 0.25) is 5.02 Å². The van der Waals surface area contributed by atoms with Gasteiger partial charge in [-0.15, -0.1) is 0 Å². The normalized spacial score (nSPS) is 14.8. The number of likely N-dealkylation sites (N-methyl/N-ethyl adjacent to an activating group) is 1. The fourth-order valence-corrected chi connectivity index (χ4v) is 1.98. The van der Waals surface area contributed by atoms with Crippen LogP contribution in [0.25, 0.3) is 0 Å². The minimum absolute atomic E-state index is 0.0538. The number of benzene rings is 1. The molecule has 0 bridgehead atoms. The number of hydrazone groups is 1. The number of rotatable bonds is 5. The van der Waals surface area contributed by atoms with Gasteiger partial charge >= 0.3 is 0 Å². The Morgan fingerprint density at radius 3 is 2.95 bits per heavy atom. The molecule has 19 heavy (non-hydrogen) atoms. The van der Waals surface area contributed by atoms with Gasteiger partial charge in [0.15, 0.2) is 0 Å². The molecule has 0 unspecified atom stereocenters. The first-order valence-electron chi connectivity index (χ1n) is 6.13. The van der Waals surface area contributed by atoms with Gasteiger partial charge in [0.25, 0.3) is 0 Å². The summed E-state index contributed by atoms with van der Waals surface area (Å²) in [5.74, 6) is 0.600. The van der Waals surface area contributed by atoms with E-state index in [-0.39, 0.29) is 5.91 Å². The van der Waals surface area contributed by atoms with Gasteiger partial charge in [0.2, 0.25) is 5.91 Å². The number of nitrogens with zero attached hydrogens (tertiary/aromatic N) is 1. The molecule has 5 nitrogen and oxygen atoms in total. The van der Waals surface area contributed by atoms with Gasteiger partial charge in [-0.25, -0.2) is 5.43 Å². The molecular formula is C13H16ClN3O2. The second kappa shape index (κ2) is 6.54. The van der Waals surface area contributed by atoms with Gasteiger partial charge in [-0.3, -0.25) is 4.79 Å². The first kappa shape index (κ1) is 13.8. The van der Waals surface area contributed by atoms with Crippen LogP contribution in [0.15, 0.2) is 23.3 Å². The second-order valence-corrected chi connectivity index (χ2v) is 4.60. The minimum Gasteiger partial charge on any atom is -0.491 e. The molecule has 102 valence electrons. The average molecular weight is 282 g/mol. The van der Waals surface area contributed by atoms with E-state index in [0.29, 0.717) is 30.2 Å². The summed E-state index contributed by atoms with van der Waals surface area (Å²) in [4.78, 5) is 11.0. The number of carbonyl (C=O) groups excluding carboxylic acids is 1. The van der Waals surface area contributed by atoms with Crippen molar-refractivity contribution in [3.63, 3.8) is 0 Å². The molecule has 0 fully saturated rings. The van der Waals surface area contributed by atoms with Crippen LogP contribution in [0.1, 0.15) is 18.4 Å². The molecule has 1 aromatic rings. The number of carbonyl (C=O) groups is 1. The fourth-order valence-electron chi connectivity index (χ4n) is 1.74. The topological polar surface area (TPSA) is 62.7 Å². The van der Waals surface area contributed by atoms with Gasteiger partial charge in [0.1, 0.15) is 12.4 Å². The van der Waals surface area contributed by atoms with Crippen LogP contribution in [0, 0.1) is 0 Å². The molecule has 0 aromatic heterocycles. The average Bonchev–Trinajstić information content (AvgIpc) is 2.42. The zero-order valence-electron chi connectivity index (χ0n) is 10.7. The minimum atomic E-state index is -0.0538. The fraction of sp³-hybridized carbons (Fsp3) is 0.385. The molecule has 2 N–H and O–H groups in total. The van der Waals surface area contributed by atoms with Crippen LogP contribution in [-0.4, -0.2) is 31.8 Å². The first-order valence-corrected chi connectivity index (χ1v) is 6.51. The highest BCUT2D eigenvalue weighted by atomic mass is 35.5. The van der Waals surface area contributed by atoms with Crippen LogP contribution in [-0.2, 0) is 4.79 Å². The van der Waals surface area contributed by atoms with E-state index >= 15 is 0 Å². The predicted molar refractivity (Wildman–Crippen MR) is 74.8 cm³/mol. The number of halogens is 1. The van der Waals surface area contributed by atoms with Crippen molar-refractivity contribution in [2.75, 3.05) is 20.2 Å². The monoisotopic (exact) mass is 281 g/mol.